The fourth-order valence-corrected chi connectivity index (χ4v) is 2.74. The highest BCUT2D eigenvalue weighted by molar-refractivity contribution is 7.07. The van der Waals surface area contributed by atoms with Gasteiger partial charge in [0.05, 0.1) is 39.7 Å². The van der Waals surface area contributed by atoms with Crippen molar-refractivity contribution < 1.29 is 19.2 Å². The molecule has 0 fully saturated rings. The number of nitro groups is 1. The van der Waals surface area contributed by atoms with Gasteiger partial charge < -0.3 is 10.1 Å². The molecule has 0 spiro atoms. The maximum atomic E-state index is 12.0. The first kappa shape index (κ1) is 18.8. The van der Waals surface area contributed by atoms with E-state index >= 15 is 0 Å². The number of halogens is 1. The maximum Gasteiger partial charge on any atom is 0.306 e. The number of nitrogens with one attached hydrogen (secondary N) is 1. The number of aromatic nitrogens is 1. The second-order valence-electron chi connectivity index (χ2n) is 4.88. The van der Waals surface area contributed by atoms with Crippen molar-refractivity contribution in [1.29, 1.82) is 0 Å². The van der Waals surface area contributed by atoms with E-state index in [-0.39, 0.29) is 41.8 Å². The molecule has 1 heterocycles. The third kappa shape index (κ3) is 5.80. The van der Waals surface area contributed by atoms with Gasteiger partial charge in [-0.05, 0) is 6.07 Å². The van der Waals surface area contributed by atoms with Crippen molar-refractivity contribution in [3.63, 3.8) is 0 Å². The molecule has 0 saturated carbocycles. The van der Waals surface area contributed by atoms with Crippen LogP contribution in [0.1, 0.15) is 22.5 Å². The first-order valence-electron chi connectivity index (χ1n) is 7.22. The summed E-state index contributed by atoms with van der Waals surface area (Å²) in [6, 6.07) is 3.57. The molecular weight excluding hydrogens is 370 g/mol. The van der Waals surface area contributed by atoms with Crippen LogP contribution in [-0.2, 0) is 16.0 Å². The third-order valence-corrected chi connectivity index (χ3v) is 4.08. The number of carbonyl (C=O) groups is 2. The van der Waals surface area contributed by atoms with Crippen LogP contribution in [0.15, 0.2) is 29.1 Å². The van der Waals surface area contributed by atoms with E-state index in [0.717, 1.165) is 11.8 Å². The van der Waals surface area contributed by atoms with Gasteiger partial charge in [-0.2, -0.15) is 0 Å². The smallest absolute Gasteiger partial charge is 0.306 e. The van der Waals surface area contributed by atoms with Crippen molar-refractivity contribution in [3.8, 4) is 0 Å². The predicted octanol–water partition coefficient (Wildman–Crippen LogP) is 2.61. The van der Waals surface area contributed by atoms with E-state index in [9.17, 15) is 19.7 Å². The molecule has 0 aliphatic rings. The Labute approximate surface area is 151 Å². The van der Waals surface area contributed by atoms with Crippen LogP contribution in [-0.4, -0.2) is 34.9 Å². The lowest BCUT2D eigenvalue weighted by Gasteiger charge is -2.07. The zero-order valence-corrected chi connectivity index (χ0v) is 14.5. The van der Waals surface area contributed by atoms with Gasteiger partial charge in [0.1, 0.15) is 6.61 Å². The van der Waals surface area contributed by atoms with Crippen LogP contribution in [0.4, 0.5) is 5.69 Å². The van der Waals surface area contributed by atoms with E-state index in [2.05, 4.69) is 10.3 Å². The summed E-state index contributed by atoms with van der Waals surface area (Å²) in [5.41, 5.74) is 2.44. The van der Waals surface area contributed by atoms with E-state index < -0.39 is 10.8 Å². The Kier molecular flexibility index (Phi) is 6.84. The molecule has 2 aromatic rings. The summed E-state index contributed by atoms with van der Waals surface area (Å²) < 4.78 is 5.01. The van der Waals surface area contributed by atoms with Gasteiger partial charge >= 0.3 is 5.97 Å². The molecule has 25 heavy (non-hydrogen) atoms. The summed E-state index contributed by atoms with van der Waals surface area (Å²) in [7, 11) is 0. The Morgan fingerprint density at radius 3 is 2.84 bits per heavy atom. The highest BCUT2D eigenvalue weighted by Gasteiger charge is 2.14. The second kappa shape index (κ2) is 9.09. The molecule has 0 saturated heterocycles. The van der Waals surface area contributed by atoms with Gasteiger partial charge in [0, 0.05) is 23.9 Å². The number of hydrogen-bond donors (Lipinski definition) is 1. The number of ether oxygens (including phenoxy) is 1. The number of hydrogen-bond acceptors (Lipinski definition) is 7. The highest BCUT2D eigenvalue weighted by atomic mass is 35.5. The molecule has 0 radical (unpaired) electrons. The lowest BCUT2D eigenvalue weighted by Crippen LogP contribution is -2.28. The molecule has 1 amide bonds. The lowest BCUT2D eigenvalue weighted by molar-refractivity contribution is -0.384. The van der Waals surface area contributed by atoms with E-state index in [0.29, 0.717) is 6.42 Å². The van der Waals surface area contributed by atoms with Crippen LogP contribution < -0.4 is 5.32 Å². The zero-order chi connectivity index (χ0) is 18.2. The number of rotatable bonds is 8. The van der Waals surface area contributed by atoms with Crippen molar-refractivity contribution in [1.82, 2.24) is 10.3 Å². The van der Waals surface area contributed by atoms with Crippen molar-refractivity contribution in [2.24, 2.45) is 0 Å². The van der Waals surface area contributed by atoms with Crippen LogP contribution in [0.5, 0.6) is 0 Å². The van der Waals surface area contributed by atoms with Crippen LogP contribution >= 0.6 is 22.9 Å². The van der Waals surface area contributed by atoms with Gasteiger partial charge in [-0.1, -0.05) is 11.6 Å². The molecule has 8 nitrogen and oxygen atoms in total. The summed E-state index contributed by atoms with van der Waals surface area (Å²) >= 11 is 7.32. The number of amides is 1. The SMILES string of the molecule is O=C(CCc1cscn1)OCCNC(=O)c1ccc([N+](=O)[O-])cc1Cl. The predicted molar refractivity (Wildman–Crippen MR) is 91.8 cm³/mol. The van der Waals surface area contributed by atoms with Crippen molar-refractivity contribution in [2.45, 2.75) is 12.8 Å². The maximum absolute atomic E-state index is 12.0. The molecule has 0 aliphatic carbocycles. The topological polar surface area (TPSA) is 111 Å². The molecule has 0 unspecified atom stereocenters. The van der Waals surface area contributed by atoms with Crippen molar-refractivity contribution >= 4 is 40.5 Å². The van der Waals surface area contributed by atoms with Crippen LogP contribution in [0, 0.1) is 10.1 Å². The first-order valence-corrected chi connectivity index (χ1v) is 8.54. The van der Waals surface area contributed by atoms with Gasteiger partial charge in [-0.3, -0.25) is 19.7 Å². The molecule has 2 rings (SSSR count). The lowest BCUT2D eigenvalue weighted by atomic mass is 10.2. The van der Waals surface area contributed by atoms with E-state index in [1.165, 1.54) is 23.5 Å². The molecule has 1 aromatic carbocycles. The Morgan fingerprint density at radius 1 is 1.40 bits per heavy atom. The number of nitro benzene ring substituents is 1. The second-order valence-corrected chi connectivity index (χ2v) is 6.00. The average Bonchev–Trinajstić information content (AvgIpc) is 3.10. The molecule has 0 atom stereocenters. The fourth-order valence-electron chi connectivity index (χ4n) is 1.89. The first-order chi connectivity index (χ1) is 12.0. The molecule has 10 heteroatoms. The summed E-state index contributed by atoms with van der Waals surface area (Å²) in [6.45, 7) is 0.126. The molecular formula is C15H14ClN3O5S. The summed E-state index contributed by atoms with van der Waals surface area (Å²) in [5.74, 6) is -0.881. The van der Waals surface area contributed by atoms with Crippen LogP contribution in [0.3, 0.4) is 0 Å². The summed E-state index contributed by atoms with van der Waals surface area (Å²) in [5, 5.41) is 15.0. The molecule has 1 aromatic heterocycles. The minimum absolute atomic E-state index is 0.0201. The van der Waals surface area contributed by atoms with Gasteiger partial charge in [0.2, 0.25) is 0 Å². The van der Waals surface area contributed by atoms with Gasteiger partial charge in [-0.25, -0.2) is 4.98 Å². The Balaban J connectivity index is 1.71. The van der Waals surface area contributed by atoms with Crippen molar-refractivity contribution in [2.75, 3.05) is 13.2 Å². The number of non-ortho nitro benzene ring substituents is 1. The van der Waals surface area contributed by atoms with Gasteiger partial charge in [0.25, 0.3) is 11.6 Å². The van der Waals surface area contributed by atoms with Gasteiger partial charge in [-0.15, -0.1) is 11.3 Å². The molecule has 0 aliphatic heterocycles. The van der Waals surface area contributed by atoms with Crippen LogP contribution in [0.25, 0.3) is 0 Å². The summed E-state index contributed by atoms with van der Waals surface area (Å²) in [4.78, 5) is 37.6. The van der Waals surface area contributed by atoms with E-state index in [4.69, 9.17) is 16.3 Å². The highest BCUT2D eigenvalue weighted by Crippen LogP contribution is 2.22. The van der Waals surface area contributed by atoms with Crippen molar-refractivity contribution in [3.05, 3.63) is 55.5 Å². The quantitative estimate of drug-likeness (QED) is 0.324. The monoisotopic (exact) mass is 383 g/mol. The normalized spacial score (nSPS) is 10.3. The standard InChI is InChI=1S/C15H14ClN3O5S/c16-13-7-11(19(22)23)2-3-12(13)15(21)17-5-6-24-14(20)4-1-10-8-25-9-18-10/h2-3,7-9H,1,4-6H2,(H,17,21). The van der Waals surface area contributed by atoms with Gasteiger partial charge in [0.15, 0.2) is 0 Å². The Morgan fingerprint density at radius 2 is 2.20 bits per heavy atom. The third-order valence-electron chi connectivity index (χ3n) is 3.13. The number of nitrogens with zero attached hydrogens (tertiary/aromatic N) is 2. The Hall–Kier alpha value is -2.52. The van der Waals surface area contributed by atoms with E-state index in [1.807, 2.05) is 5.38 Å². The zero-order valence-electron chi connectivity index (χ0n) is 12.9. The van der Waals surface area contributed by atoms with E-state index in [1.54, 1.807) is 5.51 Å². The largest absolute Gasteiger partial charge is 0.464 e. The molecule has 0 bridgehead atoms. The molecule has 132 valence electrons. The fraction of sp³-hybridized carbons (Fsp3) is 0.267. The van der Waals surface area contributed by atoms with Crippen LogP contribution in [0.2, 0.25) is 5.02 Å². The number of esters is 1. The minimum Gasteiger partial charge on any atom is -0.464 e. The average molecular weight is 384 g/mol. The number of aryl methyl sites for hydroxylation is 1. The number of thiazole rings is 1. The number of carbonyl (C=O) groups excluding carboxylic acids is 2. The molecule has 1 N–H and O–H groups in total. The Bertz CT molecular complexity index is 767. The minimum atomic E-state index is -0.599. The summed E-state index contributed by atoms with van der Waals surface area (Å²) in [6.07, 6.45) is 0.721. The number of benzene rings is 1.